The van der Waals surface area contributed by atoms with Crippen molar-refractivity contribution >= 4 is 49.0 Å². The number of aromatic nitrogens is 2. The second-order valence-electron chi connectivity index (χ2n) is 9.20. The fourth-order valence-electron chi connectivity index (χ4n) is 5.92. The van der Waals surface area contributed by atoms with Crippen LogP contribution in [0.5, 0.6) is 0 Å². The van der Waals surface area contributed by atoms with Crippen LogP contribution < -0.4 is 4.57 Å². The van der Waals surface area contributed by atoms with Crippen LogP contribution in [-0.4, -0.2) is 17.6 Å². The molecule has 0 amide bonds. The summed E-state index contributed by atoms with van der Waals surface area (Å²) in [5, 5.41) is 6.71. The minimum Gasteiger partial charge on any atom is -0.381 e. The topological polar surface area (TPSA) is 17.5 Å². The lowest BCUT2D eigenvalue weighted by molar-refractivity contribution is -0.643. The minimum atomic E-state index is 0.505. The summed E-state index contributed by atoms with van der Waals surface area (Å²) < 4.78 is 10.6. The number of ether oxygens (including phenoxy) is 1. The number of rotatable bonds is 1. The molecule has 4 heterocycles. The van der Waals surface area contributed by atoms with Gasteiger partial charge in [-0.2, -0.15) is 0 Å². The van der Waals surface area contributed by atoms with Crippen molar-refractivity contribution in [3.8, 4) is 0 Å². The molecule has 0 N–H and O–H groups in total. The fraction of sp³-hybridized carbons (Fsp3) is 0.250. The number of hydrogen-bond donors (Lipinski definition) is 0. The van der Waals surface area contributed by atoms with E-state index in [4.69, 9.17) is 4.74 Å². The van der Waals surface area contributed by atoms with Crippen molar-refractivity contribution in [1.29, 1.82) is 0 Å². The van der Waals surface area contributed by atoms with Gasteiger partial charge in [-0.05, 0) is 54.5 Å². The van der Waals surface area contributed by atoms with Gasteiger partial charge in [-0.3, -0.25) is 0 Å². The number of aryl methyl sites for hydroxylation is 2. The Labute approximate surface area is 180 Å². The maximum atomic E-state index is 5.79. The van der Waals surface area contributed by atoms with Gasteiger partial charge in [0.15, 0.2) is 6.20 Å². The molecule has 31 heavy (non-hydrogen) atoms. The van der Waals surface area contributed by atoms with Gasteiger partial charge in [0.2, 0.25) is 5.52 Å². The molecular weight excluding hydrogens is 380 g/mol. The molecule has 7 rings (SSSR count). The highest BCUT2D eigenvalue weighted by Crippen LogP contribution is 2.41. The molecule has 3 aromatic carbocycles. The molecule has 3 aromatic heterocycles. The monoisotopic (exact) mass is 405 g/mol. The first-order valence-corrected chi connectivity index (χ1v) is 11.3. The smallest absolute Gasteiger partial charge is 0.224 e. The summed E-state index contributed by atoms with van der Waals surface area (Å²) in [6.45, 7) is 3.99. The van der Waals surface area contributed by atoms with E-state index in [0.29, 0.717) is 5.92 Å². The second-order valence-corrected chi connectivity index (χ2v) is 9.20. The Kier molecular flexibility index (Phi) is 3.49. The van der Waals surface area contributed by atoms with Crippen LogP contribution in [-0.2, 0) is 11.8 Å². The van der Waals surface area contributed by atoms with Crippen molar-refractivity contribution in [2.45, 2.75) is 25.7 Å². The molecule has 0 bridgehead atoms. The van der Waals surface area contributed by atoms with Crippen molar-refractivity contribution in [1.82, 2.24) is 4.40 Å². The summed E-state index contributed by atoms with van der Waals surface area (Å²) in [5.74, 6) is 0.505. The van der Waals surface area contributed by atoms with Gasteiger partial charge in [0.05, 0.1) is 33.9 Å². The summed E-state index contributed by atoms with van der Waals surface area (Å²) in [7, 11) is 2.17. The Morgan fingerprint density at radius 3 is 2.77 bits per heavy atom. The third kappa shape index (κ3) is 2.25. The van der Waals surface area contributed by atoms with Gasteiger partial charge in [-0.25, -0.2) is 4.57 Å². The Morgan fingerprint density at radius 2 is 1.90 bits per heavy atom. The third-order valence-corrected chi connectivity index (χ3v) is 7.41. The molecule has 152 valence electrons. The van der Waals surface area contributed by atoms with E-state index in [1.54, 1.807) is 0 Å². The highest BCUT2D eigenvalue weighted by Gasteiger charge is 2.24. The van der Waals surface area contributed by atoms with Crippen molar-refractivity contribution < 1.29 is 9.30 Å². The Morgan fingerprint density at radius 1 is 0.968 bits per heavy atom. The van der Waals surface area contributed by atoms with Gasteiger partial charge in [0.25, 0.3) is 0 Å². The van der Waals surface area contributed by atoms with E-state index < -0.39 is 0 Å². The van der Waals surface area contributed by atoms with Gasteiger partial charge >= 0.3 is 0 Å². The van der Waals surface area contributed by atoms with Crippen LogP contribution >= 0.6 is 0 Å². The van der Waals surface area contributed by atoms with Crippen LogP contribution in [0.3, 0.4) is 0 Å². The molecule has 3 nitrogen and oxygen atoms in total. The minimum absolute atomic E-state index is 0.505. The van der Waals surface area contributed by atoms with E-state index in [1.807, 2.05) is 0 Å². The highest BCUT2D eigenvalue weighted by molar-refractivity contribution is 6.25. The molecule has 1 aliphatic heterocycles. The largest absolute Gasteiger partial charge is 0.381 e. The Hall–Kier alpha value is -3.17. The van der Waals surface area contributed by atoms with E-state index in [1.165, 1.54) is 66.5 Å². The quantitative estimate of drug-likeness (QED) is 0.186. The first kappa shape index (κ1) is 17.5. The zero-order valence-electron chi connectivity index (χ0n) is 18.0. The molecule has 0 radical (unpaired) electrons. The van der Waals surface area contributed by atoms with Crippen LogP contribution in [0.2, 0.25) is 0 Å². The van der Waals surface area contributed by atoms with Crippen molar-refractivity contribution in [2.75, 3.05) is 13.2 Å². The molecule has 0 spiro atoms. The highest BCUT2D eigenvalue weighted by atomic mass is 16.5. The van der Waals surface area contributed by atoms with Crippen molar-refractivity contribution in [2.24, 2.45) is 7.05 Å². The Balaban J connectivity index is 1.72. The summed E-state index contributed by atoms with van der Waals surface area (Å²) in [4.78, 5) is 0. The number of fused-ring (bicyclic) bond motifs is 5. The average molecular weight is 406 g/mol. The molecule has 3 heteroatoms. The normalized spacial score (nSPS) is 17.7. The van der Waals surface area contributed by atoms with Crippen LogP contribution in [0.1, 0.15) is 29.9 Å². The summed E-state index contributed by atoms with van der Waals surface area (Å²) in [6, 6.07) is 20.6. The standard InChI is InChI=1S/C28H25N2O/c1-17-8-10-21-22-15-19(20-6-4-14-31-16-20)9-11-23(22)30-24-7-3-5-18-12-13-29(2)28(26(18)24)25(17)27(21)30/h3,5,7-13,15,20H,4,6,14,16H2,1-2H3/q+1. The van der Waals surface area contributed by atoms with Crippen LogP contribution in [0.25, 0.3) is 49.0 Å². The third-order valence-electron chi connectivity index (χ3n) is 7.41. The predicted octanol–water partition coefficient (Wildman–Crippen LogP) is 6.02. The van der Waals surface area contributed by atoms with Gasteiger partial charge in [-0.15, -0.1) is 0 Å². The van der Waals surface area contributed by atoms with Crippen molar-refractivity contribution in [3.05, 3.63) is 71.9 Å². The number of benzene rings is 3. The van der Waals surface area contributed by atoms with E-state index in [0.717, 1.165) is 19.6 Å². The summed E-state index contributed by atoms with van der Waals surface area (Å²) >= 11 is 0. The van der Waals surface area contributed by atoms with E-state index in [2.05, 4.69) is 83.7 Å². The molecule has 1 saturated heterocycles. The molecule has 6 aromatic rings. The molecule has 0 aliphatic carbocycles. The van der Waals surface area contributed by atoms with Crippen LogP contribution in [0.4, 0.5) is 0 Å². The number of hydrogen-bond acceptors (Lipinski definition) is 1. The molecular formula is C28H25N2O+. The van der Waals surface area contributed by atoms with Crippen LogP contribution in [0, 0.1) is 6.92 Å². The lowest BCUT2D eigenvalue weighted by atomic mass is 9.92. The fourth-order valence-corrected chi connectivity index (χ4v) is 5.92. The maximum absolute atomic E-state index is 5.79. The summed E-state index contributed by atoms with van der Waals surface area (Å²) in [6.07, 6.45) is 4.57. The van der Waals surface area contributed by atoms with Gasteiger partial charge in [-0.1, -0.05) is 30.3 Å². The maximum Gasteiger partial charge on any atom is 0.224 e. The second kappa shape index (κ2) is 6.18. The predicted molar refractivity (Wildman–Crippen MR) is 127 cm³/mol. The zero-order valence-corrected chi connectivity index (χ0v) is 18.0. The average Bonchev–Trinajstić information content (AvgIpc) is 3.14. The molecule has 1 fully saturated rings. The van der Waals surface area contributed by atoms with E-state index in [9.17, 15) is 0 Å². The van der Waals surface area contributed by atoms with Gasteiger partial charge in [0, 0.05) is 29.4 Å². The van der Waals surface area contributed by atoms with Gasteiger partial charge < -0.3 is 9.14 Å². The van der Waals surface area contributed by atoms with Crippen molar-refractivity contribution in [3.63, 3.8) is 0 Å². The lowest BCUT2D eigenvalue weighted by Crippen LogP contribution is -2.28. The molecule has 1 unspecified atom stereocenters. The summed E-state index contributed by atoms with van der Waals surface area (Å²) in [5.41, 5.74) is 7.99. The zero-order chi connectivity index (χ0) is 20.7. The first-order valence-electron chi connectivity index (χ1n) is 11.3. The number of pyridine rings is 2. The van der Waals surface area contributed by atoms with E-state index in [-0.39, 0.29) is 0 Å². The molecule has 1 aliphatic rings. The SMILES string of the molecule is Cc1ccc2c3cc(C4CCCOC4)ccc3n3c4cccc5cc[n+](C)c(c1c23)c54. The lowest BCUT2D eigenvalue weighted by Gasteiger charge is -2.22. The van der Waals surface area contributed by atoms with E-state index >= 15 is 0 Å². The Bertz CT molecular complexity index is 1640. The van der Waals surface area contributed by atoms with Crippen LogP contribution in [0.15, 0.2) is 60.8 Å². The van der Waals surface area contributed by atoms with Gasteiger partial charge in [0.1, 0.15) is 7.05 Å². The first-order chi connectivity index (χ1) is 15.2. The molecule has 1 atom stereocenters. The number of nitrogens with zero attached hydrogens (tertiary/aromatic N) is 2. The molecule has 0 saturated carbocycles.